The third-order valence-electron chi connectivity index (χ3n) is 3.29. The number of benzene rings is 1. The molecular formula is C16H18BrN3O2. The second kappa shape index (κ2) is 7.26. The summed E-state index contributed by atoms with van der Waals surface area (Å²) in [6, 6.07) is 7.19. The normalized spacial score (nSPS) is 10.2. The van der Waals surface area contributed by atoms with Crippen LogP contribution in [0.25, 0.3) is 0 Å². The molecule has 5 nitrogen and oxygen atoms in total. The van der Waals surface area contributed by atoms with Gasteiger partial charge in [0.25, 0.3) is 0 Å². The molecule has 1 aromatic carbocycles. The zero-order valence-electron chi connectivity index (χ0n) is 12.7. The maximum Gasteiger partial charge on any atom is 0.323 e. The summed E-state index contributed by atoms with van der Waals surface area (Å²) < 4.78 is 6.53. The number of amides is 2. The van der Waals surface area contributed by atoms with Gasteiger partial charge in [0, 0.05) is 10.7 Å². The fraction of sp³-hybridized carbons (Fsp3) is 0.250. The first kappa shape index (κ1) is 16.3. The molecule has 1 heterocycles. The van der Waals surface area contributed by atoms with Gasteiger partial charge < -0.3 is 10.1 Å². The van der Waals surface area contributed by atoms with Crippen molar-refractivity contribution in [3.8, 4) is 5.75 Å². The Bertz CT molecular complexity index is 689. The number of anilines is 1. The van der Waals surface area contributed by atoms with Crippen molar-refractivity contribution in [2.24, 2.45) is 0 Å². The van der Waals surface area contributed by atoms with Crippen molar-refractivity contribution in [2.75, 3.05) is 12.0 Å². The maximum atomic E-state index is 11.8. The number of carbonyl (C=O) groups is 1. The summed E-state index contributed by atoms with van der Waals surface area (Å²) in [4.78, 5) is 15.8. The highest BCUT2D eigenvalue weighted by Crippen LogP contribution is 2.25. The van der Waals surface area contributed by atoms with Crippen LogP contribution in [0.4, 0.5) is 10.6 Å². The molecule has 0 fully saturated rings. The number of halogens is 1. The van der Waals surface area contributed by atoms with Crippen LogP contribution in [0.3, 0.4) is 0 Å². The summed E-state index contributed by atoms with van der Waals surface area (Å²) in [5, 5.41) is 5.28. The quantitative estimate of drug-likeness (QED) is 0.808. The number of hydrogen-bond acceptors (Lipinski definition) is 3. The van der Waals surface area contributed by atoms with E-state index in [1.165, 1.54) is 0 Å². The average molecular weight is 364 g/mol. The van der Waals surface area contributed by atoms with E-state index in [0.717, 1.165) is 26.9 Å². The fourth-order valence-electron chi connectivity index (χ4n) is 1.96. The molecule has 0 saturated heterocycles. The van der Waals surface area contributed by atoms with Crippen LogP contribution in [-0.2, 0) is 0 Å². The molecule has 2 N–H and O–H groups in total. The van der Waals surface area contributed by atoms with Crippen LogP contribution < -0.4 is 15.4 Å². The van der Waals surface area contributed by atoms with Crippen LogP contribution in [0.15, 0.2) is 34.9 Å². The summed E-state index contributed by atoms with van der Waals surface area (Å²) in [7, 11) is 0. The molecule has 6 heteroatoms. The van der Waals surface area contributed by atoms with Crippen LogP contribution in [0.1, 0.15) is 16.7 Å². The number of nitrogens with zero attached hydrogens (tertiary/aromatic N) is 1. The Labute approximate surface area is 138 Å². The van der Waals surface area contributed by atoms with Crippen LogP contribution in [0, 0.1) is 20.8 Å². The minimum atomic E-state index is -0.367. The SMILES string of the molecule is Cc1ccc(C)c(OCNC(=O)Nc2cc(Br)ccn2)c1C. The van der Waals surface area contributed by atoms with Gasteiger partial charge in [0.05, 0.1) is 0 Å². The Hall–Kier alpha value is -2.08. The summed E-state index contributed by atoms with van der Waals surface area (Å²) >= 11 is 3.32. The van der Waals surface area contributed by atoms with E-state index in [0.29, 0.717) is 5.82 Å². The molecular weight excluding hydrogens is 346 g/mol. The number of urea groups is 1. The van der Waals surface area contributed by atoms with Crippen molar-refractivity contribution >= 4 is 27.8 Å². The van der Waals surface area contributed by atoms with Crippen LogP contribution in [-0.4, -0.2) is 17.7 Å². The topological polar surface area (TPSA) is 63.2 Å². The summed E-state index contributed by atoms with van der Waals surface area (Å²) in [5.74, 6) is 1.27. The molecule has 2 rings (SSSR count). The van der Waals surface area contributed by atoms with Gasteiger partial charge in [0.15, 0.2) is 6.73 Å². The predicted molar refractivity (Wildman–Crippen MR) is 90.2 cm³/mol. The van der Waals surface area contributed by atoms with E-state index in [9.17, 15) is 4.79 Å². The monoisotopic (exact) mass is 363 g/mol. The Morgan fingerprint density at radius 1 is 1.23 bits per heavy atom. The molecule has 0 atom stereocenters. The average Bonchev–Trinajstić information content (AvgIpc) is 2.47. The number of nitrogens with one attached hydrogen (secondary N) is 2. The Kier molecular flexibility index (Phi) is 5.38. The molecule has 0 bridgehead atoms. The fourth-order valence-corrected chi connectivity index (χ4v) is 2.29. The van der Waals surface area contributed by atoms with Gasteiger partial charge in [0.1, 0.15) is 11.6 Å². The van der Waals surface area contributed by atoms with Gasteiger partial charge in [-0.3, -0.25) is 5.32 Å². The molecule has 0 spiro atoms. The molecule has 2 aromatic rings. The lowest BCUT2D eigenvalue weighted by Crippen LogP contribution is -2.32. The molecule has 2 amide bonds. The van der Waals surface area contributed by atoms with Gasteiger partial charge in [-0.25, -0.2) is 9.78 Å². The number of aryl methyl sites for hydroxylation is 2. The van der Waals surface area contributed by atoms with E-state index >= 15 is 0 Å². The number of ether oxygens (including phenoxy) is 1. The van der Waals surface area contributed by atoms with Crippen molar-refractivity contribution in [1.29, 1.82) is 0 Å². The molecule has 0 aliphatic rings. The lowest BCUT2D eigenvalue weighted by molar-refractivity contribution is 0.234. The standard InChI is InChI=1S/C16H18BrN3O2/c1-10-4-5-11(2)15(12(10)3)22-9-19-16(21)20-14-8-13(17)6-7-18-14/h4-8H,9H2,1-3H3,(H2,18,19,20,21). The number of carbonyl (C=O) groups excluding carboxylic acids is 1. The molecule has 0 aliphatic heterocycles. The van der Waals surface area contributed by atoms with Crippen molar-refractivity contribution in [3.05, 3.63) is 51.6 Å². The lowest BCUT2D eigenvalue weighted by atomic mass is 10.1. The molecule has 0 saturated carbocycles. The highest BCUT2D eigenvalue weighted by Gasteiger charge is 2.07. The zero-order chi connectivity index (χ0) is 16.1. The number of rotatable bonds is 4. The molecule has 1 aromatic heterocycles. The van der Waals surface area contributed by atoms with Crippen LogP contribution >= 0.6 is 15.9 Å². The van der Waals surface area contributed by atoms with Gasteiger partial charge >= 0.3 is 6.03 Å². The second-order valence-electron chi connectivity index (χ2n) is 4.93. The van der Waals surface area contributed by atoms with Gasteiger partial charge in [-0.1, -0.05) is 28.1 Å². The Morgan fingerprint density at radius 3 is 2.68 bits per heavy atom. The van der Waals surface area contributed by atoms with Gasteiger partial charge in [0.2, 0.25) is 0 Å². The van der Waals surface area contributed by atoms with Gasteiger partial charge in [-0.15, -0.1) is 0 Å². The van der Waals surface area contributed by atoms with E-state index in [2.05, 4.69) is 37.6 Å². The highest BCUT2D eigenvalue weighted by atomic mass is 79.9. The van der Waals surface area contributed by atoms with E-state index in [1.54, 1.807) is 18.3 Å². The van der Waals surface area contributed by atoms with Gasteiger partial charge in [-0.05, 0) is 49.6 Å². The smallest absolute Gasteiger partial charge is 0.323 e. The zero-order valence-corrected chi connectivity index (χ0v) is 14.3. The minimum absolute atomic E-state index is 0.0883. The van der Waals surface area contributed by atoms with E-state index in [1.807, 2.05) is 26.8 Å². The first-order valence-corrected chi connectivity index (χ1v) is 7.62. The predicted octanol–water partition coefficient (Wildman–Crippen LogP) is 3.93. The second-order valence-corrected chi connectivity index (χ2v) is 5.85. The van der Waals surface area contributed by atoms with Crippen LogP contribution in [0.5, 0.6) is 5.75 Å². The molecule has 22 heavy (non-hydrogen) atoms. The van der Waals surface area contributed by atoms with Crippen molar-refractivity contribution < 1.29 is 9.53 Å². The number of aromatic nitrogens is 1. The van der Waals surface area contributed by atoms with Crippen LogP contribution in [0.2, 0.25) is 0 Å². The molecule has 0 unspecified atom stereocenters. The summed E-state index contributed by atoms with van der Waals surface area (Å²) in [6.07, 6.45) is 1.61. The Morgan fingerprint density at radius 2 is 1.95 bits per heavy atom. The lowest BCUT2D eigenvalue weighted by Gasteiger charge is -2.14. The van der Waals surface area contributed by atoms with E-state index in [4.69, 9.17) is 4.74 Å². The van der Waals surface area contributed by atoms with Crippen molar-refractivity contribution in [1.82, 2.24) is 10.3 Å². The first-order valence-electron chi connectivity index (χ1n) is 6.83. The summed E-state index contributed by atoms with van der Waals surface area (Å²) in [5.41, 5.74) is 3.28. The summed E-state index contributed by atoms with van der Waals surface area (Å²) in [6.45, 7) is 6.10. The van der Waals surface area contributed by atoms with E-state index < -0.39 is 0 Å². The van der Waals surface area contributed by atoms with Crippen molar-refractivity contribution in [2.45, 2.75) is 20.8 Å². The molecule has 0 radical (unpaired) electrons. The number of pyridine rings is 1. The van der Waals surface area contributed by atoms with E-state index in [-0.39, 0.29) is 12.8 Å². The number of hydrogen-bond donors (Lipinski definition) is 2. The third kappa shape index (κ3) is 4.21. The largest absolute Gasteiger partial charge is 0.473 e. The minimum Gasteiger partial charge on any atom is -0.473 e. The Balaban J connectivity index is 1.89. The third-order valence-corrected chi connectivity index (χ3v) is 3.78. The van der Waals surface area contributed by atoms with Crippen molar-refractivity contribution in [3.63, 3.8) is 0 Å². The van der Waals surface area contributed by atoms with Gasteiger partial charge in [-0.2, -0.15) is 0 Å². The first-order chi connectivity index (χ1) is 10.5. The molecule has 116 valence electrons. The maximum absolute atomic E-state index is 11.8. The highest BCUT2D eigenvalue weighted by molar-refractivity contribution is 9.10. The molecule has 0 aliphatic carbocycles.